The lowest BCUT2D eigenvalue weighted by Crippen LogP contribution is -2.25. The van der Waals surface area contributed by atoms with Crippen molar-refractivity contribution in [2.24, 2.45) is 0 Å². The van der Waals surface area contributed by atoms with Gasteiger partial charge >= 0.3 is 0 Å². The number of carbonyl (C=O) groups excluding carboxylic acids is 3. The summed E-state index contributed by atoms with van der Waals surface area (Å²) in [7, 11) is 3.31. The number of ketones is 2. The lowest BCUT2D eigenvalue weighted by atomic mass is 9.95. The van der Waals surface area contributed by atoms with Crippen LogP contribution in [0.5, 0.6) is 5.75 Å². The Morgan fingerprint density at radius 1 is 0.946 bits per heavy atom. The second-order valence-corrected chi connectivity index (χ2v) is 8.89. The molecule has 5 rings (SSSR count). The number of aromatic nitrogens is 2. The summed E-state index contributed by atoms with van der Waals surface area (Å²) in [6, 6.07) is 20.2. The molecule has 3 aromatic carbocycles. The summed E-state index contributed by atoms with van der Waals surface area (Å²) >= 11 is 0. The number of hydrogen-bond acceptors (Lipinski definition) is 6. The fourth-order valence-electron chi connectivity index (χ4n) is 4.64. The molecule has 1 aromatic heterocycles. The van der Waals surface area contributed by atoms with Gasteiger partial charge in [0.2, 0.25) is 5.91 Å². The number of ether oxygens (including phenoxy) is 1. The van der Waals surface area contributed by atoms with Gasteiger partial charge in [0.05, 0.1) is 24.9 Å². The highest BCUT2D eigenvalue weighted by Gasteiger charge is 2.34. The number of methoxy groups -OCH3 is 1. The number of likely N-dealkylation sites (N-methyl/N-ethyl adjacent to an activating group) is 1. The first kappa shape index (κ1) is 24.1. The summed E-state index contributed by atoms with van der Waals surface area (Å²) in [5.74, 6) is 0.454. The van der Waals surface area contributed by atoms with Crippen molar-refractivity contribution in [3.8, 4) is 28.3 Å². The second kappa shape index (κ2) is 10.2. The van der Waals surface area contributed by atoms with Gasteiger partial charge < -0.3 is 15.4 Å². The largest absolute Gasteiger partial charge is 0.497 e. The number of amides is 1. The van der Waals surface area contributed by atoms with Gasteiger partial charge in [0.1, 0.15) is 17.2 Å². The van der Waals surface area contributed by atoms with E-state index in [1.165, 1.54) is 0 Å². The summed E-state index contributed by atoms with van der Waals surface area (Å²) in [4.78, 5) is 38.3. The van der Waals surface area contributed by atoms with Crippen molar-refractivity contribution in [1.29, 1.82) is 0 Å². The van der Waals surface area contributed by atoms with Crippen LogP contribution < -0.4 is 15.4 Å². The van der Waals surface area contributed by atoms with Gasteiger partial charge in [-0.05, 0) is 54.6 Å². The van der Waals surface area contributed by atoms with Crippen LogP contribution in [0.4, 0.5) is 5.69 Å². The maximum Gasteiger partial charge on any atom is 0.238 e. The van der Waals surface area contributed by atoms with Crippen LogP contribution in [0, 0.1) is 0 Å². The van der Waals surface area contributed by atoms with Gasteiger partial charge in [-0.1, -0.05) is 30.3 Å². The Morgan fingerprint density at radius 2 is 1.70 bits per heavy atom. The molecular weight excluding hydrogens is 468 g/mol. The number of H-pyrrole nitrogens is 1. The van der Waals surface area contributed by atoms with E-state index in [0.717, 1.165) is 22.4 Å². The van der Waals surface area contributed by atoms with Crippen LogP contribution in [0.2, 0.25) is 0 Å². The molecular formula is C29H26N4O4. The Hall–Kier alpha value is -4.56. The maximum atomic E-state index is 13.6. The van der Waals surface area contributed by atoms with Crippen molar-refractivity contribution in [3.05, 3.63) is 89.0 Å². The third kappa shape index (κ3) is 4.79. The number of nitrogens with one attached hydrogen (secondary N) is 3. The highest BCUT2D eigenvalue weighted by atomic mass is 16.5. The Labute approximate surface area is 214 Å². The van der Waals surface area contributed by atoms with Crippen LogP contribution in [0.25, 0.3) is 22.5 Å². The monoisotopic (exact) mass is 494 g/mol. The van der Waals surface area contributed by atoms with Crippen LogP contribution in [0.15, 0.2) is 66.7 Å². The predicted octanol–water partition coefficient (Wildman–Crippen LogP) is 3.81. The molecule has 4 aromatic rings. The smallest absolute Gasteiger partial charge is 0.238 e. The molecule has 0 saturated carbocycles. The zero-order valence-corrected chi connectivity index (χ0v) is 20.6. The van der Waals surface area contributed by atoms with Crippen LogP contribution in [-0.4, -0.2) is 48.4 Å². The van der Waals surface area contributed by atoms with Crippen molar-refractivity contribution in [2.75, 3.05) is 26.0 Å². The molecule has 8 heteroatoms. The molecule has 0 bridgehead atoms. The Balaban J connectivity index is 1.33. The zero-order chi connectivity index (χ0) is 25.9. The summed E-state index contributed by atoms with van der Waals surface area (Å²) in [5.41, 5.74) is 6.12. The standard InChI is InChI=1S/C29H26N4O4/c1-30-16-24(35)31-20-10-6-17(7-11-20)14-21(34)15-19-4-3-5-23-25(19)29(36)26-27(32-33-28(23)26)18-8-12-22(37-2)13-9-18/h3-13,30H,14-16H2,1-2H3,(H,31,35)(H,32,33). The van der Waals surface area contributed by atoms with E-state index in [2.05, 4.69) is 20.8 Å². The lowest BCUT2D eigenvalue weighted by molar-refractivity contribution is -0.118. The molecule has 0 radical (unpaired) electrons. The number of aromatic amines is 1. The number of Topliss-reactive ketones (excluding diaryl/α,β-unsaturated/α-hetero) is 1. The zero-order valence-electron chi connectivity index (χ0n) is 20.6. The molecule has 1 aliphatic carbocycles. The summed E-state index contributed by atoms with van der Waals surface area (Å²) in [6.45, 7) is 0.224. The second-order valence-electron chi connectivity index (χ2n) is 8.89. The highest BCUT2D eigenvalue weighted by molar-refractivity contribution is 6.24. The number of hydrogen-bond donors (Lipinski definition) is 3. The Kier molecular flexibility index (Phi) is 6.66. The minimum Gasteiger partial charge on any atom is -0.497 e. The van der Waals surface area contributed by atoms with E-state index in [1.807, 2.05) is 54.6 Å². The van der Waals surface area contributed by atoms with Gasteiger partial charge in [0, 0.05) is 35.2 Å². The van der Waals surface area contributed by atoms with Crippen LogP contribution >= 0.6 is 0 Å². The predicted molar refractivity (Wildman–Crippen MR) is 141 cm³/mol. The molecule has 0 fully saturated rings. The fraction of sp³-hybridized carbons (Fsp3) is 0.172. The molecule has 8 nitrogen and oxygen atoms in total. The molecule has 0 saturated heterocycles. The Bertz CT molecular complexity index is 1490. The first-order valence-electron chi connectivity index (χ1n) is 11.9. The average molecular weight is 495 g/mol. The number of anilines is 1. The summed E-state index contributed by atoms with van der Waals surface area (Å²) in [5, 5.41) is 13.0. The van der Waals surface area contributed by atoms with Gasteiger partial charge in [-0.3, -0.25) is 19.5 Å². The van der Waals surface area contributed by atoms with E-state index in [0.29, 0.717) is 33.8 Å². The summed E-state index contributed by atoms with van der Waals surface area (Å²) < 4.78 is 5.23. The topological polar surface area (TPSA) is 113 Å². The van der Waals surface area contributed by atoms with E-state index in [9.17, 15) is 14.4 Å². The SMILES string of the molecule is CNCC(=O)Nc1ccc(CC(=O)Cc2cccc3c2C(=O)c2c(-c4ccc(OC)cc4)n[nH]c2-3)cc1. The van der Waals surface area contributed by atoms with Gasteiger partial charge in [-0.25, -0.2) is 0 Å². The van der Waals surface area contributed by atoms with Crippen LogP contribution in [0.1, 0.15) is 27.0 Å². The minimum atomic E-state index is -0.135. The van der Waals surface area contributed by atoms with Crippen LogP contribution in [-0.2, 0) is 22.4 Å². The maximum absolute atomic E-state index is 13.6. The molecule has 1 aliphatic rings. The number of rotatable bonds is 9. The van der Waals surface area contributed by atoms with Crippen molar-refractivity contribution >= 4 is 23.2 Å². The fourth-order valence-corrected chi connectivity index (χ4v) is 4.64. The Morgan fingerprint density at radius 3 is 2.41 bits per heavy atom. The number of carbonyl (C=O) groups is 3. The van der Waals surface area contributed by atoms with E-state index in [1.54, 1.807) is 26.3 Å². The van der Waals surface area contributed by atoms with Crippen molar-refractivity contribution in [1.82, 2.24) is 15.5 Å². The van der Waals surface area contributed by atoms with E-state index in [-0.39, 0.29) is 36.9 Å². The number of nitrogens with zero attached hydrogens (tertiary/aromatic N) is 1. The van der Waals surface area contributed by atoms with Gasteiger partial charge in [0.25, 0.3) is 0 Å². The molecule has 0 unspecified atom stereocenters. The highest BCUT2D eigenvalue weighted by Crippen LogP contribution is 2.41. The molecule has 1 amide bonds. The molecule has 0 aliphatic heterocycles. The summed E-state index contributed by atoms with van der Waals surface area (Å²) in [6.07, 6.45) is 0.373. The first-order chi connectivity index (χ1) is 18.0. The third-order valence-electron chi connectivity index (χ3n) is 6.37. The molecule has 0 spiro atoms. The van der Waals surface area contributed by atoms with Gasteiger partial charge in [0.15, 0.2) is 5.78 Å². The normalized spacial score (nSPS) is 11.7. The van der Waals surface area contributed by atoms with Crippen molar-refractivity contribution in [2.45, 2.75) is 12.8 Å². The first-order valence-corrected chi connectivity index (χ1v) is 11.9. The number of benzene rings is 3. The molecule has 0 atom stereocenters. The minimum absolute atomic E-state index is 0.00256. The average Bonchev–Trinajstić information content (AvgIpc) is 3.46. The molecule has 3 N–H and O–H groups in total. The molecule has 1 heterocycles. The van der Waals surface area contributed by atoms with E-state index >= 15 is 0 Å². The van der Waals surface area contributed by atoms with Crippen molar-refractivity contribution in [3.63, 3.8) is 0 Å². The molecule has 37 heavy (non-hydrogen) atoms. The van der Waals surface area contributed by atoms with E-state index in [4.69, 9.17) is 4.74 Å². The van der Waals surface area contributed by atoms with Gasteiger partial charge in [-0.15, -0.1) is 0 Å². The van der Waals surface area contributed by atoms with E-state index < -0.39 is 0 Å². The van der Waals surface area contributed by atoms with Gasteiger partial charge in [-0.2, -0.15) is 5.10 Å². The molecule has 186 valence electrons. The quantitative estimate of drug-likeness (QED) is 0.287. The van der Waals surface area contributed by atoms with Crippen LogP contribution in [0.3, 0.4) is 0 Å². The number of fused-ring (bicyclic) bond motifs is 3. The lowest BCUT2D eigenvalue weighted by Gasteiger charge is -2.09. The third-order valence-corrected chi connectivity index (χ3v) is 6.37. The van der Waals surface area contributed by atoms with Crippen molar-refractivity contribution < 1.29 is 19.1 Å².